The first-order valence-electron chi connectivity index (χ1n) is 5.94. The Bertz CT molecular complexity index is 494. The van der Waals surface area contributed by atoms with E-state index >= 15 is 0 Å². The second-order valence-corrected chi connectivity index (χ2v) is 4.05. The highest BCUT2D eigenvalue weighted by Gasteiger charge is 2.03. The fourth-order valence-electron chi connectivity index (χ4n) is 1.85. The molecule has 0 aliphatic rings. The van der Waals surface area contributed by atoms with Crippen LogP contribution in [-0.2, 0) is 6.42 Å². The number of phenols is 1. The lowest BCUT2D eigenvalue weighted by Crippen LogP contribution is -1.95. The zero-order chi connectivity index (χ0) is 12.1. The number of rotatable bonds is 4. The van der Waals surface area contributed by atoms with Crippen LogP contribution < -0.4 is 5.32 Å². The lowest BCUT2D eigenvalue weighted by molar-refractivity contribution is 0.478. The van der Waals surface area contributed by atoms with Crippen LogP contribution in [0.1, 0.15) is 18.9 Å². The van der Waals surface area contributed by atoms with Gasteiger partial charge in [0.25, 0.3) is 0 Å². The van der Waals surface area contributed by atoms with E-state index in [2.05, 4.69) is 18.3 Å². The molecule has 2 N–H and O–H groups in total. The van der Waals surface area contributed by atoms with E-state index in [-0.39, 0.29) is 5.75 Å². The van der Waals surface area contributed by atoms with Gasteiger partial charge < -0.3 is 10.4 Å². The standard InChI is InChI=1S/C15H17NO/c1-2-7-12-8-3-4-9-13(12)16-14-10-5-6-11-15(14)17/h3-6,8-11,16-17H,2,7H2,1H3. The quantitative estimate of drug-likeness (QED) is 0.771. The summed E-state index contributed by atoms with van der Waals surface area (Å²) in [4.78, 5) is 0. The maximum atomic E-state index is 9.73. The minimum absolute atomic E-state index is 0.277. The molecule has 88 valence electrons. The number of para-hydroxylation sites is 3. The molecule has 2 heteroatoms. The zero-order valence-electron chi connectivity index (χ0n) is 9.98. The molecule has 2 rings (SSSR count). The van der Waals surface area contributed by atoms with Gasteiger partial charge in [0.05, 0.1) is 5.69 Å². The summed E-state index contributed by atoms with van der Waals surface area (Å²) in [5.41, 5.74) is 3.09. The predicted molar refractivity (Wildman–Crippen MR) is 71.8 cm³/mol. The van der Waals surface area contributed by atoms with Crippen LogP contribution in [0.5, 0.6) is 5.75 Å². The van der Waals surface area contributed by atoms with Crippen molar-refractivity contribution < 1.29 is 5.11 Å². The van der Waals surface area contributed by atoms with Gasteiger partial charge in [0.2, 0.25) is 0 Å². The monoisotopic (exact) mass is 227 g/mol. The number of anilines is 2. The number of phenolic OH excluding ortho intramolecular Hbond substituents is 1. The van der Waals surface area contributed by atoms with Crippen molar-refractivity contribution >= 4 is 11.4 Å². The number of benzene rings is 2. The first kappa shape index (κ1) is 11.5. The number of aryl methyl sites for hydroxylation is 1. The van der Waals surface area contributed by atoms with Gasteiger partial charge in [-0.05, 0) is 30.2 Å². The summed E-state index contributed by atoms with van der Waals surface area (Å²) in [5.74, 6) is 0.277. The Morgan fingerprint density at radius 1 is 0.941 bits per heavy atom. The van der Waals surface area contributed by atoms with Crippen LogP contribution in [0, 0.1) is 0 Å². The molecule has 0 aliphatic carbocycles. The van der Waals surface area contributed by atoms with Crippen molar-refractivity contribution in [1.82, 2.24) is 0 Å². The van der Waals surface area contributed by atoms with E-state index < -0.39 is 0 Å². The Morgan fingerprint density at radius 3 is 2.29 bits per heavy atom. The second kappa shape index (κ2) is 5.39. The lowest BCUT2D eigenvalue weighted by atomic mass is 10.1. The van der Waals surface area contributed by atoms with Crippen molar-refractivity contribution in [3.8, 4) is 5.75 Å². The van der Waals surface area contributed by atoms with E-state index in [1.54, 1.807) is 6.07 Å². The molecule has 0 atom stereocenters. The molecule has 2 nitrogen and oxygen atoms in total. The molecule has 0 saturated carbocycles. The Morgan fingerprint density at radius 2 is 1.59 bits per heavy atom. The van der Waals surface area contributed by atoms with Crippen LogP contribution in [-0.4, -0.2) is 5.11 Å². The molecule has 0 amide bonds. The molecule has 0 spiro atoms. The van der Waals surface area contributed by atoms with Crippen LogP contribution in [0.3, 0.4) is 0 Å². The van der Waals surface area contributed by atoms with Crippen molar-refractivity contribution in [3.05, 3.63) is 54.1 Å². The third kappa shape index (κ3) is 2.78. The van der Waals surface area contributed by atoms with Gasteiger partial charge in [-0.2, -0.15) is 0 Å². The average molecular weight is 227 g/mol. The SMILES string of the molecule is CCCc1ccccc1Nc1ccccc1O. The Hall–Kier alpha value is -1.96. The van der Waals surface area contributed by atoms with E-state index in [9.17, 15) is 5.11 Å². The van der Waals surface area contributed by atoms with Gasteiger partial charge in [0.1, 0.15) is 5.75 Å². The average Bonchev–Trinajstić information content (AvgIpc) is 2.35. The van der Waals surface area contributed by atoms with Gasteiger partial charge in [0.15, 0.2) is 0 Å². The maximum absolute atomic E-state index is 9.73. The predicted octanol–water partition coefficient (Wildman–Crippen LogP) is 4.09. The summed E-state index contributed by atoms with van der Waals surface area (Å²) in [5, 5.41) is 13.0. The molecule has 0 fully saturated rings. The molecule has 0 radical (unpaired) electrons. The normalized spacial score (nSPS) is 10.2. The Balaban J connectivity index is 2.27. The topological polar surface area (TPSA) is 32.3 Å². The molecular weight excluding hydrogens is 210 g/mol. The smallest absolute Gasteiger partial charge is 0.139 e. The third-order valence-corrected chi connectivity index (χ3v) is 2.71. The van der Waals surface area contributed by atoms with Crippen molar-refractivity contribution in [3.63, 3.8) is 0 Å². The lowest BCUT2D eigenvalue weighted by Gasteiger charge is -2.12. The number of nitrogens with one attached hydrogen (secondary N) is 1. The number of hydrogen-bond acceptors (Lipinski definition) is 2. The van der Waals surface area contributed by atoms with Crippen LogP contribution in [0.25, 0.3) is 0 Å². The van der Waals surface area contributed by atoms with Crippen LogP contribution in [0.15, 0.2) is 48.5 Å². The molecule has 0 unspecified atom stereocenters. The van der Waals surface area contributed by atoms with E-state index in [0.717, 1.165) is 24.2 Å². The fourth-order valence-corrected chi connectivity index (χ4v) is 1.85. The highest BCUT2D eigenvalue weighted by atomic mass is 16.3. The van der Waals surface area contributed by atoms with Gasteiger partial charge in [-0.1, -0.05) is 43.7 Å². The molecule has 0 heterocycles. The van der Waals surface area contributed by atoms with E-state index in [0.29, 0.717) is 0 Å². The molecule has 0 bridgehead atoms. The van der Waals surface area contributed by atoms with Gasteiger partial charge >= 0.3 is 0 Å². The molecule has 2 aromatic rings. The van der Waals surface area contributed by atoms with Gasteiger partial charge in [-0.25, -0.2) is 0 Å². The van der Waals surface area contributed by atoms with E-state index in [1.807, 2.05) is 36.4 Å². The highest BCUT2D eigenvalue weighted by molar-refractivity contribution is 5.68. The van der Waals surface area contributed by atoms with Crippen LogP contribution >= 0.6 is 0 Å². The largest absolute Gasteiger partial charge is 0.506 e. The molecule has 17 heavy (non-hydrogen) atoms. The van der Waals surface area contributed by atoms with Gasteiger partial charge in [-0.15, -0.1) is 0 Å². The second-order valence-electron chi connectivity index (χ2n) is 4.05. The third-order valence-electron chi connectivity index (χ3n) is 2.71. The van der Waals surface area contributed by atoms with Crippen molar-refractivity contribution in [2.45, 2.75) is 19.8 Å². The van der Waals surface area contributed by atoms with Crippen molar-refractivity contribution in [2.75, 3.05) is 5.32 Å². The minimum atomic E-state index is 0.277. The zero-order valence-corrected chi connectivity index (χ0v) is 9.98. The summed E-state index contributed by atoms with van der Waals surface area (Å²) in [7, 11) is 0. The Labute approximate surface area is 102 Å². The summed E-state index contributed by atoms with van der Waals surface area (Å²) in [6.45, 7) is 2.16. The molecule has 2 aromatic carbocycles. The summed E-state index contributed by atoms with van der Waals surface area (Å²) < 4.78 is 0. The minimum Gasteiger partial charge on any atom is -0.506 e. The summed E-state index contributed by atoms with van der Waals surface area (Å²) >= 11 is 0. The van der Waals surface area contributed by atoms with Crippen molar-refractivity contribution in [1.29, 1.82) is 0 Å². The molecular formula is C15H17NO. The van der Waals surface area contributed by atoms with Gasteiger partial charge in [-0.3, -0.25) is 0 Å². The molecule has 0 aliphatic heterocycles. The Kier molecular flexibility index (Phi) is 3.66. The van der Waals surface area contributed by atoms with E-state index in [4.69, 9.17) is 0 Å². The van der Waals surface area contributed by atoms with Crippen LogP contribution in [0.2, 0.25) is 0 Å². The van der Waals surface area contributed by atoms with Crippen LogP contribution in [0.4, 0.5) is 11.4 Å². The summed E-state index contributed by atoms with van der Waals surface area (Å²) in [6.07, 6.45) is 2.15. The van der Waals surface area contributed by atoms with Gasteiger partial charge in [0, 0.05) is 5.69 Å². The molecule has 0 saturated heterocycles. The number of hydrogen-bond donors (Lipinski definition) is 2. The maximum Gasteiger partial charge on any atom is 0.139 e. The number of aromatic hydroxyl groups is 1. The van der Waals surface area contributed by atoms with Crippen molar-refractivity contribution in [2.24, 2.45) is 0 Å². The summed E-state index contributed by atoms with van der Waals surface area (Å²) in [6, 6.07) is 15.5. The van der Waals surface area contributed by atoms with E-state index in [1.165, 1.54) is 5.56 Å². The molecule has 0 aromatic heterocycles. The first-order valence-corrected chi connectivity index (χ1v) is 5.94. The first-order chi connectivity index (χ1) is 8.31. The highest BCUT2D eigenvalue weighted by Crippen LogP contribution is 2.28. The fraction of sp³-hybridized carbons (Fsp3) is 0.200.